The molecule has 1 aliphatic rings. The second-order valence-electron chi connectivity index (χ2n) is 8.14. The van der Waals surface area contributed by atoms with Crippen molar-refractivity contribution in [3.63, 3.8) is 0 Å². The summed E-state index contributed by atoms with van der Waals surface area (Å²) in [5, 5.41) is 30.0. The molecule has 3 N–H and O–H groups in total. The summed E-state index contributed by atoms with van der Waals surface area (Å²) in [6.45, 7) is 3.75. The Hall–Kier alpha value is -1.84. The van der Waals surface area contributed by atoms with Gasteiger partial charge in [0.25, 0.3) is 0 Å². The SMILES string of the molecule is CC1(C)O[C@@H]([C@@H](O)[C@@H](O)CO)[C@H](OCc2ccccc2)[C@H](COCc2ccccc2)O1. The number of ether oxygens (including phenoxy) is 4. The van der Waals surface area contributed by atoms with Crippen molar-refractivity contribution in [2.24, 2.45) is 0 Å². The third-order valence-electron chi connectivity index (χ3n) is 5.14. The molecule has 7 nitrogen and oxygen atoms in total. The van der Waals surface area contributed by atoms with Gasteiger partial charge in [0.2, 0.25) is 0 Å². The van der Waals surface area contributed by atoms with E-state index in [0.717, 1.165) is 11.1 Å². The zero-order chi connectivity index (χ0) is 22.3. The van der Waals surface area contributed by atoms with E-state index < -0.39 is 42.9 Å². The molecule has 0 aliphatic carbocycles. The molecule has 0 amide bonds. The summed E-state index contributed by atoms with van der Waals surface area (Å²) in [5.41, 5.74) is 1.98. The van der Waals surface area contributed by atoms with Crippen molar-refractivity contribution in [3.05, 3.63) is 71.8 Å². The summed E-state index contributed by atoms with van der Waals surface area (Å²) in [6.07, 6.45) is -4.92. The molecule has 0 unspecified atom stereocenters. The number of hydrogen-bond donors (Lipinski definition) is 3. The molecule has 0 spiro atoms. The van der Waals surface area contributed by atoms with Crippen LogP contribution in [0.3, 0.4) is 0 Å². The van der Waals surface area contributed by atoms with Gasteiger partial charge in [-0.15, -0.1) is 0 Å². The third-order valence-corrected chi connectivity index (χ3v) is 5.14. The fourth-order valence-corrected chi connectivity index (χ4v) is 3.62. The van der Waals surface area contributed by atoms with Crippen molar-refractivity contribution >= 4 is 0 Å². The second kappa shape index (κ2) is 11.2. The average Bonchev–Trinajstić information content (AvgIpc) is 2.78. The lowest BCUT2D eigenvalue weighted by molar-refractivity contribution is -0.361. The van der Waals surface area contributed by atoms with Crippen LogP contribution in [0.1, 0.15) is 25.0 Å². The monoisotopic (exact) mass is 432 g/mol. The van der Waals surface area contributed by atoms with Gasteiger partial charge in [-0.05, 0) is 25.0 Å². The van der Waals surface area contributed by atoms with Crippen molar-refractivity contribution < 1.29 is 34.3 Å². The van der Waals surface area contributed by atoms with Gasteiger partial charge < -0.3 is 34.3 Å². The molecule has 3 rings (SSSR count). The molecule has 0 aromatic heterocycles. The van der Waals surface area contributed by atoms with Crippen molar-refractivity contribution in [1.29, 1.82) is 0 Å². The lowest BCUT2D eigenvalue weighted by Gasteiger charge is -2.47. The van der Waals surface area contributed by atoms with Gasteiger partial charge in [-0.25, -0.2) is 0 Å². The molecule has 0 radical (unpaired) electrons. The van der Waals surface area contributed by atoms with Crippen molar-refractivity contribution in [2.75, 3.05) is 13.2 Å². The van der Waals surface area contributed by atoms with Crippen LogP contribution in [-0.2, 0) is 32.2 Å². The Bertz CT molecular complexity index is 768. The molecule has 1 saturated heterocycles. The van der Waals surface area contributed by atoms with Crippen LogP contribution in [-0.4, -0.2) is 64.8 Å². The van der Waals surface area contributed by atoms with Gasteiger partial charge in [-0.3, -0.25) is 0 Å². The van der Waals surface area contributed by atoms with E-state index in [2.05, 4.69) is 0 Å². The first kappa shape index (κ1) is 23.8. The van der Waals surface area contributed by atoms with Crippen LogP contribution < -0.4 is 0 Å². The Labute approximate surface area is 183 Å². The highest BCUT2D eigenvalue weighted by Gasteiger charge is 2.48. The predicted molar refractivity (Wildman–Crippen MR) is 114 cm³/mol. The minimum Gasteiger partial charge on any atom is -0.394 e. The van der Waals surface area contributed by atoms with Crippen molar-refractivity contribution in [1.82, 2.24) is 0 Å². The van der Waals surface area contributed by atoms with Gasteiger partial charge in [0, 0.05) is 0 Å². The van der Waals surface area contributed by atoms with E-state index in [1.54, 1.807) is 13.8 Å². The Morgan fingerprint density at radius 3 is 2.06 bits per heavy atom. The maximum absolute atomic E-state index is 10.7. The lowest BCUT2D eigenvalue weighted by Crippen LogP contribution is -2.62. The Morgan fingerprint density at radius 1 is 0.903 bits per heavy atom. The number of rotatable bonds is 10. The van der Waals surface area contributed by atoms with Crippen LogP contribution >= 0.6 is 0 Å². The van der Waals surface area contributed by atoms with E-state index in [1.165, 1.54) is 0 Å². The first-order valence-electron chi connectivity index (χ1n) is 10.5. The Kier molecular flexibility index (Phi) is 8.57. The van der Waals surface area contributed by atoms with Crippen LogP contribution in [0.15, 0.2) is 60.7 Å². The zero-order valence-electron chi connectivity index (χ0n) is 18.0. The van der Waals surface area contributed by atoms with Crippen LogP contribution in [0, 0.1) is 0 Å². The number of aliphatic hydroxyl groups excluding tert-OH is 3. The van der Waals surface area contributed by atoms with Crippen molar-refractivity contribution in [2.45, 2.75) is 63.4 Å². The number of aliphatic hydroxyl groups is 3. The van der Waals surface area contributed by atoms with Gasteiger partial charge in [0.1, 0.15) is 30.5 Å². The molecular weight excluding hydrogens is 400 g/mol. The van der Waals surface area contributed by atoms with Crippen LogP contribution in [0.5, 0.6) is 0 Å². The first-order chi connectivity index (χ1) is 14.9. The zero-order valence-corrected chi connectivity index (χ0v) is 18.0. The fourth-order valence-electron chi connectivity index (χ4n) is 3.62. The summed E-state index contributed by atoms with van der Waals surface area (Å²) >= 11 is 0. The van der Waals surface area contributed by atoms with Crippen molar-refractivity contribution in [3.8, 4) is 0 Å². The van der Waals surface area contributed by atoms with Crippen LogP contribution in [0.25, 0.3) is 0 Å². The maximum Gasteiger partial charge on any atom is 0.164 e. The predicted octanol–water partition coefficient (Wildman–Crippen LogP) is 2.02. The summed E-state index contributed by atoms with van der Waals surface area (Å²) in [4.78, 5) is 0. The molecule has 2 aromatic carbocycles. The van der Waals surface area contributed by atoms with Gasteiger partial charge in [-0.1, -0.05) is 60.7 Å². The average molecular weight is 433 g/mol. The number of benzene rings is 2. The molecule has 0 bridgehead atoms. The minimum absolute atomic E-state index is 0.208. The highest BCUT2D eigenvalue weighted by molar-refractivity contribution is 5.14. The smallest absolute Gasteiger partial charge is 0.164 e. The van der Waals surface area contributed by atoms with E-state index in [9.17, 15) is 15.3 Å². The summed E-state index contributed by atoms with van der Waals surface area (Å²) in [6, 6.07) is 19.4. The molecule has 1 heterocycles. The largest absolute Gasteiger partial charge is 0.394 e. The van der Waals surface area contributed by atoms with E-state index >= 15 is 0 Å². The standard InChI is InChI=1S/C24H32O7/c1-24(2)30-20(16-28-14-17-9-5-3-6-10-17)22(23(31-24)21(27)19(26)13-25)29-15-18-11-7-4-8-12-18/h3-12,19-23,25-27H,13-16H2,1-2H3/t19-,20-,21-,22+,23-/m0/s1. The Balaban J connectivity index is 1.75. The van der Waals surface area contributed by atoms with E-state index in [1.807, 2.05) is 60.7 Å². The topological polar surface area (TPSA) is 97.6 Å². The molecule has 170 valence electrons. The molecule has 1 fully saturated rings. The van der Waals surface area contributed by atoms with E-state index in [-0.39, 0.29) is 13.2 Å². The molecule has 1 aliphatic heterocycles. The summed E-state index contributed by atoms with van der Waals surface area (Å²) < 4.78 is 24.0. The fraction of sp³-hybridized carbons (Fsp3) is 0.500. The quantitative estimate of drug-likeness (QED) is 0.528. The third kappa shape index (κ3) is 6.82. The molecule has 5 atom stereocenters. The van der Waals surface area contributed by atoms with Gasteiger partial charge in [0.05, 0.1) is 26.4 Å². The first-order valence-corrected chi connectivity index (χ1v) is 10.5. The van der Waals surface area contributed by atoms with Crippen LogP contribution in [0.4, 0.5) is 0 Å². The second-order valence-corrected chi connectivity index (χ2v) is 8.14. The molecule has 2 aromatic rings. The molecule has 0 saturated carbocycles. The van der Waals surface area contributed by atoms with Gasteiger partial charge >= 0.3 is 0 Å². The van der Waals surface area contributed by atoms with E-state index in [0.29, 0.717) is 6.61 Å². The summed E-state index contributed by atoms with van der Waals surface area (Å²) in [5.74, 6) is -1.03. The molecule has 7 heteroatoms. The summed E-state index contributed by atoms with van der Waals surface area (Å²) in [7, 11) is 0. The number of hydrogen-bond acceptors (Lipinski definition) is 7. The van der Waals surface area contributed by atoms with Gasteiger partial charge in [0.15, 0.2) is 5.79 Å². The van der Waals surface area contributed by atoms with E-state index in [4.69, 9.17) is 18.9 Å². The minimum atomic E-state index is -1.37. The maximum atomic E-state index is 10.7. The van der Waals surface area contributed by atoms with Crippen LogP contribution in [0.2, 0.25) is 0 Å². The highest BCUT2D eigenvalue weighted by Crippen LogP contribution is 2.32. The highest BCUT2D eigenvalue weighted by atomic mass is 16.7. The Morgan fingerprint density at radius 2 is 1.48 bits per heavy atom. The lowest BCUT2D eigenvalue weighted by atomic mass is 9.96. The molecular formula is C24H32O7. The molecule has 31 heavy (non-hydrogen) atoms. The normalized spacial score (nSPS) is 25.1. The van der Waals surface area contributed by atoms with Gasteiger partial charge in [-0.2, -0.15) is 0 Å².